The number of rotatable bonds is 3. The Kier molecular flexibility index (Phi) is 3.60. The van der Waals surface area contributed by atoms with Crippen LogP contribution in [0.5, 0.6) is 0 Å². The van der Waals surface area contributed by atoms with E-state index in [-0.39, 0.29) is 0 Å². The van der Waals surface area contributed by atoms with Crippen LogP contribution in [0.3, 0.4) is 0 Å². The number of aromatic nitrogens is 1. The highest BCUT2D eigenvalue weighted by atomic mass is 32.2. The van der Waals surface area contributed by atoms with Crippen molar-refractivity contribution in [1.82, 2.24) is 4.98 Å². The SMILES string of the molecule is CCSc1ccc(-c2ncsc2C#N)cc1. The fourth-order valence-electron chi connectivity index (χ4n) is 1.41. The van der Waals surface area contributed by atoms with Gasteiger partial charge in [0.2, 0.25) is 0 Å². The first kappa shape index (κ1) is 11.2. The van der Waals surface area contributed by atoms with Crippen molar-refractivity contribution in [3.8, 4) is 17.3 Å². The average molecular weight is 246 g/mol. The molecule has 0 aliphatic rings. The highest BCUT2D eigenvalue weighted by Gasteiger charge is 2.07. The summed E-state index contributed by atoms with van der Waals surface area (Å²) in [6.45, 7) is 2.13. The molecule has 0 saturated heterocycles. The van der Waals surface area contributed by atoms with Gasteiger partial charge in [-0.05, 0) is 17.9 Å². The van der Waals surface area contributed by atoms with Crippen molar-refractivity contribution in [3.05, 3.63) is 34.7 Å². The maximum atomic E-state index is 8.92. The standard InChI is InChI=1S/C12H10N2S2/c1-2-15-10-5-3-9(4-6-10)12-11(7-13)16-8-14-12/h3-6,8H,2H2,1H3. The molecule has 2 aromatic rings. The maximum absolute atomic E-state index is 8.92. The molecule has 1 aromatic carbocycles. The molecule has 1 aromatic heterocycles. The van der Waals surface area contributed by atoms with E-state index in [4.69, 9.17) is 5.26 Å². The lowest BCUT2D eigenvalue weighted by atomic mass is 10.1. The van der Waals surface area contributed by atoms with Gasteiger partial charge in [0.1, 0.15) is 10.9 Å². The van der Waals surface area contributed by atoms with Gasteiger partial charge in [-0.3, -0.25) is 0 Å². The van der Waals surface area contributed by atoms with Gasteiger partial charge in [-0.2, -0.15) is 5.26 Å². The molecule has 0 aliphatic heterocycles. The Bertz CT molecular complexity index is 509. The van der Waals surface area contributed by atoms with E-state index >= 15 is 0 Å². The second-order valence-corrected chi connectivity index (χ2v) is 5.29. The highest BCUT2D eigenvalue weighted by Crippen LogP contribution is 2.27. The number of nitrogens with zero attached hydrogens (tertiary/aromatic N) is 2. The number of benzene rings is 1. The Morgan fingerprint density at radius 2 is 2.12 bits per heavy atom. The zero-order chi connectivity index (χ0) is 11.4. The van der Waals surface area contributed by atoms with Gasteiger partial charge in [0, 0.05) is 10.5 Å². The average Bonchev–Trinajstić information content (AvgIpc) is 2.78. The Morgan fingerprint density at radius 1 is 1.38 bits per heavy atom. The zero-order valence-electron chi connectivity index (χ0n) is 8.80. The predicted molar refractivity (Wildman–Crippen MR) is 68.7 cm³/mol. The van der Waals surface area contributed by atoms with Crippen molar-refractivity contribution in [1.29, 1.82) is 5.26 Å². The van der Waals surface area contributed by atoms with Gasteiger partial charge in [0.15, 0.2) is 0 Å². The van der Waals surface area contributed by atoms with Gasteiger partial charge in [-0.25, -0.2) is 4.98 Å². The van der Waals surface area contributed by atoms with E-state index in [1.165, 1.54) is 16.2 Å². The van der Waals surface area contributed by atoms with Crippen molar-refractivity contribution in [2.24, 2.45) is 0 Å². The van der Waals surface area contributed by atoms with Gasteiger partial charge in [0.25, 0.3) is 0 Å². The minimum Gasteiger partial charge on any atom is -0.243 e. The van der Waals surface area contributed by atoms with Crippen LogP contribution in [0.15, 0.2) is 34.7 Å². The largest absolute Gasteiger partial charge is 0.243 e. The van der Waals surface area contributed by atoms with Crippen LogP contribution in [0.4, 0.5) is 0 Å². The summed E-state index contributed by atoms with van der Waals surface area (Å²) >= 11 is 3.19. The van der Waals surface area contributed by atoms with Crippen LogP contribution in [0.25, 0.3) is 11.3 Å². The molecular weight excluding hydrogens is 236 g/mol. The molecule has 0 aliphatic carbocycles. The molecular formula is C12H10N2S2. The third kappa shape index (κ3) is 2.26. The summed E-state index contributed by atoms with van der Waals surface area (Å²) in [5.74, 6) is 1.07. The van der Waals surface area contributed by atoms with Crippen molar-refractivity contribution in [2.75, 3.05) is 5.75 Å². The number of nitriles is 1. The van der Waals surface area contributed by atoms with E-state index < -0.39 is 0 Å². The first-order valence-electron chi connectivity index (χ1n) is 4.92. The molecule has 0 unspecified atom stereocenters. The Balaban J connectivity index is 2.32. The molecule has 16 heavy (non-hydrogen) atoms. The topological polar surface area (TPSA) is 36.7 Å². The number of hydrogen-bond acceptors (Lipinski definition) is 4. The minimum absolute atomic E-state index is 0.677. The summed E-state index contributed by atoms with van der Waals surface area (Å²) in [6.07, 6.45) is 0. The van der Waals surface area contributed by atoms with Gasteiger partial charge >= 0.3 is 0 Å². The molecule has 0 saturated carbocycles. The molecule has 4 heteroatoms. The monoisotopic (exact) mass is 246 g/mol. The first-order valence-corrected chi connectivity index (χ1v) is 6.78. The molecule has 2 rings (SSSR count). The Labute approximate surface area is 103 Å². The molecule has 0 fully saturated rings. The van der Waals surface area contributed by atoms with Crippen LogP contribution in [-0.2, 0) is 0 Å². The van der Waals surface area contributed by atoms with Crippen LogP contribution in [0, 0.1) is 11.3 Å². The zero-order valence-corrected chi connectivity index (χ0v) is 10.4. The van der Waals surface area contributed by atoms with Crippen LogP contribution in [0.2, 0.25) is 0 Å². The quantitative estimate of drug-likeness (QED) is 0.773. The van der Waals surface area contributed by atoms with Crippen molar-refractivity contribution < 1.29 is 0 Å². The third-order valence-corrected chi connectivity index (χ3v) is 3.73. The fourth-order valence-corrected chi connectivity index (χ4v) is 2.67. The fraction of sp³-hybridized carbons (Fsp3) is 0.167. The smallest absolute Gasteiger partial charge is 0.132 e. The summed E-state index contributed by atoms with van der Waals surface area (Å²) in [7, 11) is 0. The van der Waals surface area contributed by atoms with E-state index in [1.807, 2.05) is 23.9 Å². The third-order valence-electron chi connectivity index (χ3n) is 2.11. The molecule has 1 heterocycles. The van der Waals surface area contributed by atoms with E-state index in [2.05, 4.69) is 30.1 Å². The second-order valence-electron chi connectivity index (χ2n) is 3.10. The lowest BCUT2D eigenvalue weighted by Crippen LogP contribution is -1.81. The van der Waals surface area contributed by atoms with E-state index in [0.29, 0.717) is 4.88 Å². The normalized spacial score (nSPS) is 10.0. The van der Waals surface area contributed by atoms with Crippen molar-refractivity contribution in [3.63, 3.8) is 0 Å². The molecule has 0 atom stereocenters. The minimum atomic E-state index is 0.677. The highest BCUT2D eigenvalue weighted by molar-refractivity contribution is 7.99. The Hall–Kier alpha value is -1.31. The second kappa shape index (κ2) is 5.15. The molecule has 0 amide bonds. The van der Waals surface area contributed by atoms with Gasteiger partial charge in [-0.15, -0.1) is 23.1 Å². The maximum Gasteiger partial charge on any atom is 0.132 e. The van der Waals surface area contributed by atoms with Crippen LogP contribution in [0.1, 0.15) is 11.8 Å². The van der Waals surface area contributed by atoms with Gasteiger partial charge in [-0.1, -0.05) is 19.1 Å². The Morgan fingerprint density at radius 3 is 2.75 bits per heavy atom. The molecule has 2 nitrogen and oxygen atoms in total. The van der Waals surface area contributed by atoms with Crippen LogP contribution < -0.4 is 0 Å². The predicted octanol–water partition coefficient (Wildman–Crippen LogP) is 3.79. The van der Waals surface area contributed by atoms with Crippen LogP contribution >= 0.6 is 23.1 Å². The van der Waals surface area contributed by atoms with Crippen LogP contribution in [-0.4, -0.2) is 10.7 Å². The number of thioether (sulfide) groups is 1. The lowest BCUT2D eigenvalue weighted by Gasteiger charge is -2.00. The lowest BCUT2D eigenvalue weighted by molar-refractivity contribution is 1.37. The first-order chi connectivity index (χ1) is 7.85. The van der Waals surface area contributed by atoms with E-state index in [0.717, 1.165) is 17.0 Å². The van der Waals surface area contributed by atoms with Crippen molar-refractivity contribution >= 4 is 23.1 Å². The van der Waals surface area contributed by atoms with Gasteiger partial charge < -0.3 is 0 Å². The van der Waals surface area contributed by atoms with Crippen molar-refractivity contribution in [2.45, 2.75) is 11.8 Å². The molecule has 0 radical (unpaired) electrons. The molecule has 0 spiro atoms. The molecule has 0 N–H and O–H groups in total. The summed E-state index contributed by atoms with van der Waals surface area (Å²) < 4.78 is 0. The molecule has 0 bridgehead atoms. The number of thiazole rings is 1. The summed E-state index contributed by atoms with van der Waals surface area (Å²) in [4.78, 5) is 6.15. The van der Waals surface area contributed by atoms with E-state index in [1.54, 1.807) is 5.51 Å². The summed E-state index contributed by atoms with van der Waals surface area (Å²) in [5.41, 5.74) is 3.52. The molecule has 80 valence electrons. The van der Waals surface area contributed by atoms with Gasteiger partial charge in [0.05, 0.1) is 11.2 Å². The number of hydrogen-bond donors (Lipinski definition) is 0. The summed E-state index contributed by atoms with van der Waals surface area (Å²) in [5, 5.41) is 8.92. The summed E-state index contributed by atoms with van der Waals surface area (Å²) in [6, 6.07) is 10.4. The van der Waals surface area contributed by atoms with E-state index in [9.17, 15) is 0 Å².